The van der Waals surface area contributed by atoms with Crippen molar-refractivity contribution in [2.75, 3.05) is 19.0 Å². The molecule has 1 aromatic rings. The van der Waals surface area contributed by atoms with Gasteiger partial charge in [0.15, 0.2) is 6.10 Å². The van der Waals surface area contributed by atoms with Gasteiger partial charge < -0.3 is 25.6 Å². The van der Waals surface area contributed by atoms with E-state index >= 15 is 0 Å². The zero-order valence-corrected chi connectivity index (χ0v) is 12.3. The molecule has 1 rings (SSSR count). The molecule has 8 heteroatoms. The Morgan fingerprint density at radius 2 is 2.15 bits per heavy atom. The first-order valence-corrected chi connectivity index (χ1v) is 6.52. The maximum Gasteiger partial charge on any atom is 0.332 e. The van der Waals surface area contributed by atoms with E-state index in [0.29, 0.717) is 15.9 Å². The fourth-order valence-electron chi connectivity index (χ4n) is 1.37. The van der Waals surface area contributed by atoms with E-state index < -0.39 is 18.1 Å². The van der Waals surface area contributed by atoms with Gasteiger partial charge in [0.05, 0.1) is 11.6 Å². The highest BCUT2D eigenvalue weighted by Gasteiger charge is 2.13. The monoisotopic (exact) mass is 346 g/mol. The minimum absolute atomic E-state index is 0.0522. The van der Waals surface area contributed by atoms with Gasteiger partial charge in [0.1, 0.15) is 5.75 Å². The third kappa shape index (κ3) is 5.06. The maximum absolute atomic E-state index is 11.5. The number of hydrogen-bond donors (Lipinski definition) is 4. The fourth-order valence-corrected chi connectivity index (χ4v) is 1.91. The highest BCUT2D eigenvalue weighted by atomic mass is 79.9. The number of carbonyl (C=O) groups excluding carboxylic acids is 1. The van der Waals surface area contributed by atoms with Crippen LogP contribution in [0.2, 0.25) is 0 Å². The number of carboxylic acid groups (broad SMARTS) is 1. The molecule has 0 heterocycles. The molecule has 0 fully saturated rings. The topological polar surface area (TPSA) is 108 Å². The van der Waals surface area contributed by atoms with Gasteiger partial charge in [0, 0.05) is 18.7 Å². The van der Waals surface area contributed by atoms with Crippen molar-refractivity contribution in [3.63, 3.8) is 0 Å². The van der Waals surface area contributed by atoms with Crippen LogP contribution in [0.5, 0.6) is 5.75 Å². The number of urea groups is 1. The third-order valence-electron chi connectivity index (χ3n) is 2.40. The lowest BCUT2D eigenvalue weighted by atomic mass is 10.2. The van der Waals surface area contributed by atoms with Crippen LogP contribution in [0.15, 0.2) is 22.7 Å². The first-order valence-electron chi connectivity index (χ1n) is 5.73. The molecule has 1 aromatic carbocycles. The Balaban J connectivity index is 2.43. The molecule has 20 heavy (non-hydrogen) atoms. The largest absolute Gasteiger partial charge is 0.496 e. The first-order chi connectivity index (χ1) is 9.43. The number of anilines is 1. The van der Waals surface area contributed by atoms with Crippen molar-refractivity contribution in [1.29, 1.82) is 0 Å². The number of hydrogen-bond acceptors (Lipinski definition) is 4. The summed E-state index contributed by atoms with van der Waals surface area (Å²) < 4.78 is 5.75. The van der Waals surface area contributed by atoms with Crippen molar-refractivity contribution in [2.45, 2.75) is 12.5 Å². The Kier molecular flexibility index (Phi) is 6.26. The maximum atomic E-state index is 11.5. The summed E-state index contributed by atoms with van der Waals surface area (Å²) in [5.74, 6) is -0.674. The standard InChI is InChI=1S/C12H15BrN2O5/c1-20-10-3-2-7(6-8(10)13)15-12(19)14-5-4-9(16)11(17)18/h2-3,6,9,16H,4-5H2,1H3,(H,17,18)(H2,14,15,19). The van der Waals surface area contributed by atoms with Crippen molar-refractivity contribution < 1.29 is 24.5 Å². The Labute approximate surface area is 124 Å². The normalized spacial score (nSPS) is 11.6. The molecule has 0 aliphatic carbocycles. The highest BCUT2D eigenvalue weighted by Crippen LogP contribution is 2.27. The van der Waals surface area contributed by atoms with Gasteiger partial charge in [-0.15, -0.1) is 0 Å². The highest BCUT2D eigenvalue weighted by molar-refractivity contribution is 9.10. The zero-order chi connectivity index (χ0) is 15.1. The van der Waals surface area contributed by atoms with Crippen molar-refractivity contribution in [1.82, 2.24) is 5.32 Å². The average molecular weight is 347 g/mol. The number of halogens is 1. The van der Waals surface area contributed by atoms with Crippen LogP contribution in [0, 0.1) is 0 Å². The van der Waals surface area contributed by atoms with E-state index in [1.54, 1.807) is 18.2 Å². The number of aliphatic hydroxyl groups is 1. The first kappa shape index (κ1) is 16.3. The quantitative estimate of drug-likeness (QED) is 0.622. The minimum atomic E-state index is -1.48. The molecule has 2 amide bonds. The van der Waals surface area contributed by atoms with Gasteiger partial charge in [-0.2, -0.15) is 0 Å². The van der Waals surface area contributed by atoms with Crippen LogP contribution in [-0.4, -0.2) is 42.0 Å². The summed E-state index contributed by atoms with van der Waals surface area (Å²) in [6.45, 7) is 0.0522. The molecule has 1 unspecified atom stereocenters. The summed E-state index contributed by atoms with van der Waals surface area (Å²) in [5, 5.41) is 22.5. The van der Waals surface area contributed by atoms with Gasteiger partial charge in [-0.05, 0) is 34.1 Å². The molecule has 4 N–H and O–H groups in total. The Morgan fingerprint density at radius 3 is 2.70 bits per heavy atom. The predicted octanol–water partition coefficient (Wildman–Crippen LogP) is 1.41. The zero-order valence-electron chi connectivity index (χ0n) is 10.7. The number of benzene rings is 1. The van der Waals surface area contributed by atoms with Crippen LogP contribution in [0.1, 0.15) is 6.42 Å². The molecule has 1 atom stereocenters. The van der Waals surface area contributed by atoms with Crippen molar-refractivity contribution in [2.24, 2.45) is 0 Å². The smallest absolute Gasteiger partial charge is 0.332 e. The van der Waals surface area contributed by atoms with E-state index in [9.17, 15) is 9.59 Å². The van der Waals surface area contributed by atoms with Crippen molar-refractivity contribution >= 4 is 33.6 Å². The van der Waals surface area contributed by atoms with E-state index in [1.165, 1.54) is 7.11 Å². The molecule has 110 valence electrons. The van der Waals surface area contributed by atoms with E-state index in [1.807, 2.05) is 0 Å². The van der Waals surface area contributed by atoms with Gasteiger partial charge in [0.2, 0.25) is 0 Å². The van der Waals surface area contributed by atoms with Gasteiger partial charge in [-0.1, -0.05) is 0 Å². The molecule has 0 aliphatic rings. The predicted molar refractivity (Wildman–Crippen MR) is 76.0 cm³/mol. The number of aliphatic carboxylic acids is 1. The second-order valence-electron chi connectivity index (χ2n) is 3.87. The SMILES string of the molecule is COc1ccc(NC(=O)NCCC(O)C(=O)O)cc1Br. The molecule has 0 spiro atoms. The molecular formula is C12H15BrN2O5. The van der Waals surface area contributed by atoms with Gasteiger partial charge >= 0.3 is 12.0 Å². The van der Waals surface area contributed by atoms with Crippen molar-refractivity contribution in [3.8, 4) is 5.75 Å². The number of nitrogens with one attached hydrogen (secondary N) is 2. The van der Waals surface area contributed by atoms with Crippen LogP contribution in [-0.2, 0) is 4.79 Å². The Bertz CT molecular complexity index is 495. The van der Waals surface area contributed by atoms with Crippen LogP contribution in [0.4, 0.5) is 10.5 Å². The Hall–Kier alpha value is -1.80. The molecule has 0 aliphatic heterocycles. The second kappa shape index (κ2) is 7.71. The lowest BCUT2D eigenvalue weighted by molar-refractivity contribution is -0.146. The summed E-state index contributed by atoms with van der Waals surface area (Å²) in [6, 6.07) is 4.54. The van der Waals surface area contributed by atoms with Crippen LogP contribution in [0.3, 0.4) is 0 Å². The molecular weight excluding hydrogens is 332 g/mol. The van der Waals surface area contributed by atoms with Crippen LogP contribution in [0.25, 0.3) is 0 Å². The number of aliphatic hydroxyl groups excluding tert-OH is 1. The molecule has 0 saturated heterocycles. The number of rotatable bonds is 6. The molecule has 7 nitrogen and oxygen atoms in total. The van der Waals surface area contributed by atoms with Gasteiger partial charge in [-0.25, -0.2) is 9.59 Å². The number of amides is 2. The summed E-state index contributed by atoms with van der Waals surface area (Å²) in [4.78, 5) is 21.9. The number of methoxy groups -OCH3 is 1. The third-order valence-corrected chi connectivity index (χ3v) is 3.02. The fraction of sp³-hybridized carbons (Fsp3) is 0.333. The summed E-state index contributed by atoms with van der Waals surface area (Å²) in [6.07, 6.45) is -1.54. The van der Waals surface area contributed by atoms with E-state index in [2.05, 4.69) is 26.6 Å². The lowest BCUT2D eigenvalue weighted by Gasteiger charge is -2.10. The molecule has 0 bridgehead atoms. The van der Waals surface area contributed by atoms with Crippen LogP contribution < -0.4 is 15.4 Å². The summed E-state index contributed by atoms with van der Waals surface area (Å²) in [7, 11) is 1.54. The minimum Gasteiger partial charge on any atom is -0.496 e. The lowest BCUT2D eigenvalue weighted by Crippen LogP contribution is -2.33. The van der Waals surface area contributed by atoms with E-state index in [4.69, 9.17) is 14.9 Å². The average Bonchev–Trinajstić information content (AvgIpc) is 2.38. The molecule has 0 radical (unpaired) electrons. The Morgan fingerprint density at radius 1 is 1.45 bits per heavy atom. The second-order valence-corrected chi connectivity index (χ2v) is 4.73. The number of carbonyl (C=O) groups is 2. The molecule has 0 saturated carbocycles. The number of ether oxygens (including phenoxy) is 1. The van der Waals surface area contributed by atoms with Crippen LogP contribution >= 0.6 is 15.9 Å². The number of carboxylic acids is 1. The summed E-state index contributed by atoms with van der Waals surface area (Å²) >= 11 is 3.29. The van der Waals surface area contributed by atoms with E-state index in [-0.39, 0.29) is 13.0 Å². The van der Waals surface area contributed by atoms with Gasteiger partial charge in [0.25, 0.3) is 0 Å². The van der Waals surface area contributed by atoms with E-state index in [0.717, 1.165) is 0 Å². The molecule has 0 aromatic heterocycles. The van der Waals surface area contributed by atoms with Crippen molar-refractivity contribution in [3.05, 3.63) is 22.7 Å². The van der Waals surface area contributed by atoms with Gasteiger partial charge in [-0.3, -0.25) is 0 Å². The summed E-state index contributed by atoms with van der Waals surface area (Å²) in [5.41, 5.74) is 0.550.